The van der Waals surface area contributed by atoms with Crippen LogP contribution in [0.3, 0.4) is 0 Å². The first-order valence-electron chi connectivity index (χ1n) is 9.61. The summed E-state index contributed by atoms with van der Waals surface area (Å²) >= 11 is 0. The van der Waals surface area contributed by atoms with E-state index >= 15 is 0 Å². The van der Waals surface area contributed by atoms with Crippen LogP contribution >= 0.6 is 0 Å². The number of carbonyl (C=O) groups is 1. The van der Waals surface area contributed by atoms with Crippen LogP contribution in [-0.2, 0) is 14.8 Å². The maximum absolute atomic E-state index is 12.5. The van der Waals surface area contributed by atoms with Crippen LogP contribution in [-0.4, -0.2) is 56.9 Å². The summed E-state index contributed by atoms with van der Waals surface area (Å²) < 4.78 is 26.5. The van der Waals surface area contributed by atoms with Crippen LogP contribution in [0.25, 0.3) is 6.08 Å². The van der Waals surface area contributed by atoms with Crippen LogP contribution in [0.2, 0.25) is 0 Å². The van der Waals surface area contributed by atoms with Crippen molar-refractivity contribution in [2.24, 2.45) is 5.92 Å². The molecular formula is C20H27N4O3S+. The second kappa shape index (κ2) is 8.43. The molecule has 2 aliphatic rings. The van der Waals surface area contributed by atoms with E-state index in [1.807, 2.05) is 30.3 Å². The number of quaternary nitrogens is 1. The summed E-state index contributed by atoms with van der Waals surface area (Å²) in [6.07, 6.45) is 3.55. The lowest BCUT2D eigenvalue weighted by molar-refractivity contribution is -0.895. The number of amides is 1. The lowest BCUT2D eigenvalue weighted by Crippen LogP contribution is -3.16. The number of piperazine rings is 1. The zero-order valence-corrected chi connectivity index (χ0v) is 16.9. The van der Waals surface area contributed by atoms with Crippen LogP contribution in [0.1, 0.15) is 25.3 Å². The van der Waals surface area contributed by atoms with Gasteiger partial charge in [-0.25, -0.2) is 8.42 Å². The molecule has 1 atom stereocenters. The minimum absolute atomic E-state index is 0.147. The normalized spacial score (nSPS) is 21.1. The number of nitrogens with one attached hydrogen (secondary N) is 2. The molecule has 7 nitrogen and oxygen atoms in total. The Balaban J connectivity index is 1.49. The van der Waals surface area contributed by atoms with Gasteiger partial charge < -0.3 is 10.2 Å². The Morgan fingerprint density at radius 2 is 1.96 bits per heavy atom. The first-order chi connectivity index (χ1) is 13.3. The van der Waals surface area contributed by atoms with Gasteiger partial charge in [0.25, 0.3) is 5.91 Å². The minimum atomic E-state index is -3.47. The first kappa shape index (κ1) is 20.5. The highest BCUT2D eigenvalue weighted by Crippen LogP contribution is 2.39. The third kappa shape index (κ3) is 5.19. The van der Waals surface area contributed by atoms with Gasteiger partial charge in [0.05, 0.1) is 32.2 Å². The molecule has 2 fully saturated rings. The van der Waals surface area contributed by atoms with Gasteiger partial charge in [-0.3, -0.25) is 4.79 Å². The summed E-state index contributed by atoms with van der Waals surface area (Å²) in [5.41, 5.74) is 0.0485. The molecule has 1 amide bonds. The van der Waals surface area contributed by atoms with Crippen molar-refractivity contribution in [3.8, 4) is 6.07 Å². The Morgan fingerprint density at radius 1 is 1.32 bits per heavy atom. The van der Waals surface area contributed by atoms with E-state index in [0.29, 0.717) is 26.2 Å². The van der Waals surface area contributed by atoms with Gasteiger partial charge in [0.15, 0.2) is 6.54 Å². The summed E-state index contributed by atoms with van der Waals surface area (Å²) in [5.74, 6) is 0.0982. The van der Waals surface area contributed by atoms with Crippen LogP contribution < -0.4 is 10.2 Å². The molecule has 1 aliphatic carbocycles. The van der Waals surface area contributed by atoms with E-state index in [-0.39, 0.29) is 18.4 Å². The molecule has 150 valence electrons. The standard InChI is InChI=1S/C20H26N4O3S/c1-20(16-21,18-7-8-18)22-19(25)15-23-10-12-24(13-11-23)28(26,27)14-9-17-5-3-2-4-6-17/h2-6,9,14,18H,7-8,10-13,15H2,1H3,(H,22,25)/p+1/b14-9+/t20-/m1/s1. The van der Waals surface area contributed by atoms with E-state index in [2.05, 4.69) is 11.4 Å². The van der Waals surface area contributed by atoms with Crippen LogP contribution in [0.4, 0.5) is 0 Å². The molecule has 28 heavy (non-hydrogen) atoms. The number of nitriles is 1. The zero-order valence-electron chi connectivity index (χ0n) is 16.1. The van der Waals surface area contributed by atoms with Gasteiger partial charge in [-0.2, -0.15) is 9.57 Å². The van der Waals surface area contributed by atoms with Crippen LogP contribution in [0.15, 0.2) is 35.7 Å². The lowest BCUT2D eigenvalue weighted by Gasteiger charge is -2.31. The smallest absolute Gasteiger partial charge is 0.276 e. The van der Waals surface area contributed by atoms with Crippen molar-refractivity contribution >= 4 is 22.0 Å². The molecular weight excluding hydrogens is 376 g/mol. The first-order valence-corrected chi connectivity index (χ1v) is 11.1. The van der Waals surface area contributed by atoms with Crippen molar-refractivity contribution in [2.75, 3.05) is 32.7 Å². The number of rotatable bonds is 7. The van der Waals surface area contributed by atoms with Gasteiger partial charge in [-0.15, -0.1) is 0 Å². The number of hydrogen-bond acceptors (Lipinski definition) is 4. The van der Waals surface area contributed by atoms with Crippen molar-refractivity contribution in [1.29, 1.82) is 5.26 Å². The summed E-state index contributed by atoms with van der Waals surface area (Å²) in [4.78, 5) is 13.4. The highest BCUT2D eigenvalue weighted by molar-refractivity contribution is 7.92. The summed E-state index contributed by atoms with van der Waals surface area (Å²) in [7, 11) is -3.47. The molecule has 1 heterocycles. The molecule has 0 radical (unpaired) electrons. The summed E-state index contributed by atoms with van der Waals surface area (Å²) in [6.45, 7) is 3.93. The number of nitrogens with zero attached hydrogens (tertiary/aromatic N) is 2. The number of hydrogen-bond donors (Lipinski definition) is 2. The monoisotopic (exact) mass is 403 g/mol. The molecule has 1 aromatic carbocycles. The molecule has 0 spiro atoms. The third-order valence-electron chi connectivity index (χ3n) is 5.46. The average Bonchev–Trinajstić information content (AvgIpc) is 3.53. The fraction of sp³-hybridized carbons (Fsp3) is 0.500. The minimum Gasteiger partial charge on any atom is -0.333 e. The summed E-state index contributed by atoms with van der Waals surface area (Å²) in [6, 6.07) is 11.5. The molecule has 1 aliphatic heterocycles. The van der Waals surface area contributed by atoms with Gasteiger partial charge in [0.1, 0.15) is 5.54 Å². The number of sulfonamides is 1. The maximum Gasteiger partial charge on any atom is 0.276 e. The van der Waals surface area contributed by atoms with E-state index in [1.165, 1.54) is 9.71 Å². The maximum atomic E-state index is 12.5. The molecule has 2 N–H and O–H groups in total. The predicted octanol–water partition coefficient (Wildman–Crippen LogP) is -0.00392. The van der Waals surface area contributed by atoms with E-state index in [9.17, 15) is 18.5 Å². The van der Waals surface area contributed by atoms with Gasteiger partial charge >= 0.3 is 0 Å². The fourth-order valence-corrected chi connectivity index (χ4v) is 4.68. The molecule has 1 saturated heterocycles. The number of benzene rings is 1. The molecule has 0 aromatic heterocycles. The Labute approximate surface area is 166 Å². The molecule has 0 bridgehead atoms. The Hall–Kier alpha value is -2.21. The summed E-state index contributed by atoms with van der Waals surface area (Å²) in [5, 5.41) is 13.5. The predicted molar refractivity (Wildman–Crippen MR) is 106 cm³/mol. The second-order valence-corrected chi connectivity index (χ2v) is 9.54. The molecule has 0 unspecified atom stereocenters. The van der Waals surface area contributed by atoms with E-state index in [1.54, 1.807) is 13.0 Å². The van der Waals surface area contributed by atoms with Gasteiger partial charge in [0, 0.05) is 5.41 Å². The fourth-order valence-electron chi connectivity index (χ4n) is 3.49. The molecule has 8 heteroatoms. The SMILES string of the molecule is C[C@](C#N)(NC(=O)C[NH+]1CCN(S(=O)(=O)/C=C/c2ccccc2)CC1)C1CC1. The van der Waals surface area contributed by atoms with Gasteiger partial charge in [-0.05, 0) is 37.3 Å². The second-order valence-electron chi connectivity index (χ2n) is 7.72. The van der Waals surface area contributed by atoms with Crippen LogP contribution in [0.5, 0.6) is 0 Å². The van der Waals surface area contributed by atoms with Crippen molar-refractivity contribution < 1.29 is 18.1 Å². The van der Waals surface area contributed by atoms with E-state index < -0.39 is 15.6 Å². The highest BCUT2D eigenvalue weighted by atomic mass is 32.2. The van der Waals surface area contributed by atoms with Gasteiger partial charge in [0.2, 0.25) is 10.0 Å². The number of carbonyl (C=O) groups excluding carboxylic acids is 1. The van der Waals surface area contributed by atoms with Gasteiger partial charge in [-0.1, -0.05) is 30.3 Å². The van der Waals surface area contributed by atoms with Crippen molar-refractivity contribution in [2.45, 2.75) is 25.3 Å². The van der Waals surface area contributed by atoms with Crippen molar-refractivity contribution in [1.82, 2.24) is 9.62 Å². The average molecular weight is 404 g/mol. The highest BCUT2D eigenvalue weighted by Gasteiger charge is 2.43. The Bertz CT molecular complexity index is 866. The topological polar surface area (TPSA) is 94.7 Å². The largest absolute Gasteiger partial charge is 0.333 e. The van der Waals surface area contributed by atoms with Crippen LogP contribution in [0, 0.1) is 17.2 Å². The Kier molecular flexibility index (Phi) is 6.18. The zero-order chi connectivity index (χ0) is 20.2. The van der Waals surface area contributed by atoms with E-state index in [0.717, 1.165) is 23.3 Å². The quantitative estimate of drug-likeness (QED) is 0.670. The van der Waals surface area contributed by atoms with Crippen molar-refractivity contribution in [3.05, 3.63) is 41.3 Å². The third-order valence-corrected chi connectivity index (χ3v) is 7.02. The molecule has 3 rings (SSSR count). The Morgan fingerprint density at radius 3 is 2.54 bits per heavy atom. The van der Waals surface area contributed by atoms with Crippen molar-refractivity contribution in [3.63, 3.8) is 0 Å². The van der Waals surface area contributed by atoms with E-state index in [4.69, 9.17) is 0 Å². The molecule has 1 saturated carbocycles. The molecule has 1 aromatic rings. The lowest BCUT2D eigenvalue weighted by atomic mass is 9.98.